The van der Waals surface area contributed by atoms with Gasteiger partial charge in [-0.3, -0.25) is 19.3 Å². The van der Waals surface area contributed by atoms with E-state index in [1.165, 1.54) is 29.2 Å². The van der Waals surface area contributed by atoms with Crippen LogP contribution in [0.15, 0.2) is 24.3 Å². The van der Waals surface area contributed by atoms with Crippen LogP contribution < -0.4 is 0 Å². The molecule has 0 aromatic rings. The summed E-state index contributed by atoms with van der Waals surface area (Å²) >= 11 is 0. The van der Waals surface area contributed by atoms with Gasteiger partial charge in [0.2, 0.25) is 5.91 Å². The Morgan fingerprint density at radius 2 is 1.63 bits per heavy atom. The molecule has 0 saturated carbocycles. The lowest BCUT2D eigenvalue weighted by molar-refractivity contribution is -0.139. The van der Waals surface area contributed by atoms with Crippen LogP contribution in [0.3, 0.4) is 0 Å². The highest BCUT2D eigenvalue weighted by Crippen LogP contribution is 2.23. The zero-order valence-electron chi connectivity index (χ0n) is 10.9. The average Bonchev–Trinajstić information content (AvgIpc) is 2.79. The summed E-state index contributed by atoms with van der Waals surface area (Å²) in [5, 5.41) is 9.65. The summed E-state index contributed by atoms with van der Waals surface area (Å²) in [5.74, 6) is -0.952. The number of aliphatic hydroxyl groups is 1. The van der Waals surface area contributed by atoms with E-state index in [1.807, 2.05) is 13.8 Å². The highest BCUT2D eigenvalue weighted by Gasteiger charge is 2.35. The molecule has 0 fully saturated rings. The minimum absolute atomic E-state index is 0.203. The number of imide groups is 1. The Bertz CT molecular complexity index is 475. The molecule has 1 unspecified atom stereocenters. The van der Waals surface area contributed by atoms with E-state index in [0.717, 1.165) is 4.90 Å². The third-order valence-corrected chi connectivity index (χ3v) is 3.10. The molecule has 0 bridgehead atoms. The van der Waals surface area contributed by atoms with Gasteiger partial charge < -0.3 is 10.0 Å². The van der Waals surface area contributed by atoms with Gasteiger partial charge in [-0.2, -0.15) is 0 Å². The summed E-state index contributed by atoms with van der Waals surface area (Å²) < 4.78 is 0. The van der Waals surface area contributed by atoms with Gasteiger partial charge in [-0.1, -0.05) is 13.8 Å². The second-order valence-electron chi connectivity index (χ2n) is 5.50. The molecule has 0 spiro atoms. The van der Waals surface area contributed by atoms with Crippen LogP contribution in [-0.4, -0.2) is 51.9 Å². The first-order valence-electron chi connectivity index (χ1n) is 6.01. The maximum absolute atomic E-state index is 11.5. The van der Waals surface area contributed by atoms with E-state index in [1.54, 1.807) is 0 Å². The van der Waals surface area contributed by atoms with Gasteiger partial charge in [-0.15, -0.1) is 0 Å². The Morgan fingerprint density at radius 1 is 1.05 bits per heavy atom. The molecule has 2 rings (SSSR count). The number of hydrogen-bond donors (Lipinski definition) is 1. The van der Waals surface area contributed by atoms with Gasteiger partial charge in [0.25, 0.3) is 11.8 Å². The number of hydrogen-bond acceptors (Lipinski definition) is 4. The Hall–Kier alpha value is -1.95. The van der Waals surface area contributed by atoms with E-state index in [2.05, 4.69) is 0 Å². The molecular weight excluding hydrogens is 248 g/mol. The molecule has 0 saturated heterocycles. The van der Waals surface area contributed by atoms with Crippen LogP contribution >= 0.6 is 0 Å². The minimum Gasteiger partial charge on any atom is -0.370 e. The second-order valence-corrected chi connectivity index (χ2v) is 5.50. The molecule has 1 atom stereocenters. The minimum atomic E-state index is -0.935. The van der Waals surface area contributed by atoms with Crippen molar-refractivity contribution in [1.82, 2.24) is 9.80 Å². The molecule has 19 heavy (non-hydrogen) atoms. The fourth-order valence-corrected chi connectivity index (χ4v) is 2.20. The number of rotatable bonds is 4. The Kier molecular flexibility index (Phi) is 3.28. The van der Waals surface area contributed by atoms with Gasteiger partial charge in [0, 0.05) is 36.7 Å². The van der Waals surface area contributed by atoms with E-state index in [9.17, 15) is 19.5 Å². The molecule has 0 radical (unpaired) electrons. The average molecular weight is 264 g/mol. The van der Waals surface area contributed by atoms with Crippen molar-refractivity contribution in [2.24, 2.45) is 5.41 Å². The summed E-state index contributed by atoms with van der Waals surface area (Å²) in [6.45, 7) is 4.14. The number of carbonyl (C=O) groups excluding carboxylic acids is 3. The number of amides is 3. The molecule has 0 aromatic heterocycles. The molecule has 3 amide bonds. The quantitative estimate of drug-likeness (QED) is 0.704. The number of nitrogens with zero attached hydrogens (tertiary/aromatic N) is 2. The molecule has 2 aliphatic rings. The summed E-state index contributed by atoms with van der Waals surface area (Å²) in [7, 11) is 0. The fourth-order valence-electron chi connectivity index (χ4n) is 2.20. The van der Waals surface area contributed by atoms with E-state index in [-0.39, 0.29) is 30.8 Å². The van der Waals surface area contributed by atoms with Crippen LogP contribution in [0.25, 0.3) is 0 Å². The van der Waals surface area contributed by atoms with Crippen molar-refractivity contribution in [2.45, 2.75) is 20.1 Å². The van der Waals surface area contributed by atoms with Crippen molar-refractivity contribution in [2.75, 3.05) is 13.1 Å². The lowest BCUT2D eigenvalue weighted by atomic mass is 9.92. The summed E-state index contributed by atoms with van der Waals surface area (Å²) in [6, 6.07) is 0. The van der Waals surface area contributed by atoms with Crippen molar-refractivity contribution in [3.63, 3.8) is 0 Å². The summed E-state index contributed by atoms with van der Waals surface area (Å²) in [4.78, 5) is 37.0. The third kappa shape index (κ3) is 2.73. The maximum atomic E-state index is 11.5. The first-order chi connectivity index (χ1) is 8.80. The molecule has 6 heteroatoms. The van der Waals surface area contributed by atoms with E-state index < -0.39 is 11.6 Å². The van der Waals surface area contributed by atoms with Crippen LogP contribution in [0, 0.1) is 5.41 Å². The predicted octanol–water partition coefficient (Wildman–Crippen LogP) is -0.346. The maximum Gasteiger partial charge on any atom is 0.253 e. The Balaban J connectivity index is 2.01. The molecule has 6 nitrogen and oxygen atoms in total. The van der Waals surface area contributed by atoms with Crippen molar-refractivity contribution in [3.05, 3.63) is 24.3 Å². The first-order valence-corrected chi connectivity index (χ1v) is 6.01. The van der Waals surface area contributed by atoms with Crippen molar-refractivity contribution in [1.29, 1.82) is 0 Å². The lowest BCUT2D eigenvalue weighted by Crippen LogP contribution is -2.47. The highest BCUT2D eigenvalue weighted by molar-refractivity contribution is 6.12. The van der Waals surface area contributed by atoms with Crippen molar-refractivity contribution in [3.8, 4) is 0 Å². The van der Waals surface area contributed by atoms with Gasteiger partial charge >= 0.3 is 0 Å². The second kappa shape index (κ2) is 4.62. The molecule has 1 N–H and O–H groups in total. The van der Waals surface area contributed by atoms with E-state index in [4.69, 9.17) is 0 Å². The van der Waals surface area contributed by atoms with Gasteiger partial charge in [0.15, 0.2) is 0 Å². The normalized spacial score (nSPS) is 23.1. The summed E-state index contributed by atoms with van der Waals surface area (Å²) in [6.07, 6.45) is 4.25. The summed E-state index contributed by atoms with van der Waals surface area (Å²) in [5.41, 5.74) is -0.500. The van der Waals surface area contributed by atoms with Crippen LogP contribution in [0.4, 0.5) is 0 Å². The molecule has 0 aliphatic carbocycles. The van der Waals surface area contributed by atoms with Gasteiger partial charge in [-0.05, 0) is 6.08 Å². The topological polar surface area (TPSA) is 77.9 Å². The van der Waals surface area contributed by atoms with Gasteiger partial charge in [0.05, 0.1) is 0 Å². The largest absolute Gasteiger partial charge is 0.370 e. The first kappa shape index (κ1) is 13.5. The Labute approximate surface area is 111 Å². The van der Waals surface area contributed by atoms with E-state index >= 15 is 0 Å². The predicted molar refractivity (Wildman–Crippen MR) is 66.5 cm³/mol. The van der Waals surface area contributed by atoms with Crippen LogP contribution in [0.1, 0.15) is 13.8 Å². The standard InChI is InChI=1S/C13H16N2O4/c1-13(2,7-14-9(16)3-4-10(14)17)8-15-11(18)5-6-12(15)19/h3-6,9,16H,7-8H2,1-2H3. The molecule has 0 aromatic carbocycles. The van der Waals surface area contributed by atoms with Crippen LogP contribution in [-0.2, 0) is 14.4 Å². The number of aliphatic hydroxyl groups excluding tert-OH is 1. The van der Waals surface area contributed by atoms with Crippen LogP contribution in [0.2, 0.25) is 0 Å². The molecular formula is C13H16N2O4. The molecule has 102 valence electrons. The molecule has 2 heterocycles. The monoisotopic (exact) mass is 264 g/mol. The Morgan fingerprint density at radius 3 is 2.11 bits per heavy atom. The SMILES string of the molecule is CC(C)(CN1C(=O)C=CC1=O)CN1C(=O)C=CC1O. The highest BCUT2D eigenvalue weighted by atomic mass is 16.3. The van der Waals surface area contributed by atoms with Crippen LogP contribution in [0.5, 0.6) is 0 Å². The zero-order valence-corrected chi connectivity index (χ0v) is 10.9. The van der Waals surface area contributed by atoms with Gasteiger partial charge in [-0.25, -0.2) is 0 Å². The zero-order chi connectivity index (χ0) is 14.2. The number of carbonyl (C=O) groups is 3. The van der Waals surface area contributed by atoms with Crippen molar-refractivity contribution >= 4 is 17.7 Å². The smallest absolute Gasteiger partial charge is 0.253 e. The lowest BCUT2D eigenvalue weighted by Gasteiger charge is -2.34. The molecule has 2 aliphatic heterocycles. The van der Waals surface area contributed by atoms with Gasteiger partial charge in [0.1, 0.15) is 6.23 Å². The fraction of sp³-hybridized carbons (Fsp3) is 0.462. The third-order valence-electron chi connectivity index (χ3n) is 3.10. The van der Waals surface area contributed by atoms with E-state index in [0.29, 0.717) is 0 Å². The van der Waals surface area contributed by atoms with Crippen molar-refractivity contribution < 1.29 is 19.5 Å².